The third-order valence-electron chi connectivity index (χ3n) is 4.20. The van der Waals surface area contributed by atoms with Gasteiger partial charge < -0.3 is 5.32 Å². The van der Waals surface area contributed by atoms with E-state index in [1.54, 1.807) is 42.1 Å². The van der Waals surface area contributed by atoms with Crippen LogP contribution in [-0.2, 0) is 24.4 Å². The van der Waals surface area contributed by atoms with Crippen LogP contribution in [0.25, 0.3) is 10.9 Å². The second-order valence-corrected chi connectivity index (χ2v) is 5.91. The van der Waals surface area contributed by atoms with Gasteiger partial charge in [0.25, 0.3) is 5.56 Å². The highest BCUT2D eigenvalue weighted by atomic mass is 16.2. The third kappa shape index (κ3) is 3.58. The van der Waals surface area contributed by atoms with Crippen molar-refractivity contribution in [2.45, 2.75) is 33.0 Å². The fourth-order valence-corrected chi connectivity index (χ4v) is 2.90. The second kappa shape index (κ2) is 7.81. The number of para-hydroxylation sites is 1. The number of carbonyl (C=O) groups excluding carboxylic acids is 1. The molecule has 1 amide bonds. The molecule has 3 aromatic rings. The molecule has 0 bridgehead atoms. The molecule has 0 spiro atoms. The van der Waals surface area contributed by atoms with Crippen molar-refractivity contribution < 1.29 is 4.79 Å². The molecule has 1 N–H and O–H groups in total. The Kier molecular flexibility index (Phi) is 5.31. The number of benzene rings is 1. The van der Waals surface area contributed by atoms with E-state index in [0.717, 1.165) is 11.0 Å². The van der Waals surface area contributed by atoms with E-state index >= 15 is 0 Å². The van der Waals surface area contributed by atoms with Gasteiger partial charge >= 0.3 is 5.69 Å². The quantitative estimate of drug-likeness (QED) is 0.628. The van der Waals surface area contributed by atoms with Crippen LogP contribution in [0.4, 0.5) is 0 Å². The predicted octanol–water partition coefficient (Wildman–Crippen LogP) is 0.586. The number of nitrogens with zero attached hydrogens (tertiary/aromatic N) is 4. The van der Waals surface area contributed by atoms with Crippen LogP contribution in [-0.4, -0.2) is 31.4 Å². The summed E-state index contributed by atoms with van der Waals surface area (Å²) < 4.78 is 4.29. The van der Waals surface area contributed by atoms with Gasteiger partial charge in [-0.25, -0.2) is 4.79 Å². The average molecular weight is 355 g/mol. The van der Waals surface area contributed by atoms with Crippen molar-refractivity contribution in [1.29, 1.82) is 0 Å². The van der Waals surface area contributed by atoms with Crippen LogP contribution in [0.1, 0.15) is 13.3 Å². The van der Waals surface area contributed by atoms with Crippen molar-refractivity contribution in [3.8, 4) is 0 Å². The Bertz CT molecular complexity index is 1020. The van der Waals surface area contributed by atoms with Gasteiger partial charge in [0.2, 0.25) is 5.91 Å². The smallest absolute Gasteiger partial charge is 0.331 e. The van der Waals surface area contributed by atoms with E-state index < -0.39 is 5.69 Å². The zero-order chi connectivity index (χ0) is 18.5. The molecule has 2 heterocycles. The highest BCUT2D eigenvalue weighted by Gasteiger charge is 2.14. The summed E-state index contributed by atoms with van der Waals surface area (Å²) in [5, 5.41) is 7.34. The molecule has 0 saturated heterocycles. The lowest BCUT2D eigenvalue weighted by molar-refractivity contribution is -0.121. The van der Waals surface area contributed by atoms with Gasteiger partial charge in [-0.15, -0.1) is 0 Å². The van der Waals surface area contributed by atoms with Gasteiger partial charge in [-0.2, -0.15) is 5.10 Å². The molecular formula is C18H21N5O3. The summed E-state index contributed by atoms with van der Waals surface area (Å²) >= 11 is 0. The van der Waals surface area contributed by atoms with Crippen LogP contribution in [0.15, 0.2) is 52.3 Å². The number of rotatable bonds is 7. The van der Waals surface area contributed by atoms with Crippen molar-refractivity contribution in [2.75, 3.05) is 6.54 Å². The number of aryl methyl sites for hydroxylation is 1. The maximum absolute atomic E-state index is 12.6. The number of hydrogen-bond donors (Lipinski definition) is 1. The van der Waals surface area contributed by atoms with E-state index in [1.165, 1.54) is 4.57 Å². The number of amides is 1. The molecule has 8 heteroatoms. The third-order valence-corrected chi connectivity index (χ3v) is 4.20. The Morgan fingerprint density at radius 2 is 1.96 bits per heavy atom. The molecular weight excluding hydrogens is 334 g/mol. The number of carbonyl (C=O) groups is 1. The molecule has 2 aromatic heterocycles. The van der Waals surface area contributed by atoms with E-state index in [-0.39, 0.29) is 24.6 Å². The minimum atomic E-state index is -0.470. The fourth-order valence-electron chi connectivity index (χ4n) is 2.90. The number of nitrogens with one attached hydrogen (secondary N) is 1. The molecule has 136 valence electrons. The van der Waals surface area contributed by atoms with E-state index in [9.17, 15) is 14.4 Å². The summed E-state index contributed by atoms with van der Waals surface area (Å²) in [6.45, 7) is 3.06. The standard InChI is InChI=1S/C18H21N5O3/c1-2-22-17(25)14-7-3-4-8-15(14)23(18(22)26)13-16(24)19-9-5-11-21-12-6-10-20-21/h3-4,6-8,10,12H,2,5,9,11,13H2,1H3,(H,19,24). The molecule has 0 aliphatic rings. The number of hydrogen-bond acceptors (Lipinski definition) is 4. The molecule has 8 nitrogen and oxygen atoms in total. The maximum atomic E-state index is 12.6. The number of aromatic nitrogens is 4. The first-order valence-electron chi connectivity index (χ1n) is 8.58. The van der Waals surface area contributed by atoms with Gasteiger partial charge in [-0.1, -0.05) is 12.1 Å². The summed E-state index contributed by atoms with van der Waals surface area (Å²) in [6.07, 6.45) is 4.30. The van der Waals surface area contributed by atoms with Gasteiger partial charge in [0, 0.05) is 32.0 Å². The first-order chi connectivity index (χ1) is 12.6. The zero-order valence-electron chi connectivity index (χ0n) is 14.6. The zero-order valence-corrected chi connectivity index (χ0v) is 14.6. The summed E-state index contributed by atoms with van der Waals surface area (Å²) in [7, 11) is 0. The first-order valence-corrected chi connectivity index (χ1v) is 8.58. The summed E-state index contributed by atoms with van der Waals surface area (Å²) in [5.74, 6) is -0.265. The molecule has 0 saturated carbocycles. The SMILES string of the molecule is CCn1c(=O)c2ccccc2n(CC(=O)NCCCn2cccn2)c1=O. The Morgan fingerprint density at radius 1 is 1.15 bits per heavy atom. The molecule has 1 aromatic carbocycles. The lowest BCUT2D eigenvalue weighted by Crippen LogP contribution is -2.42. The van der Waals surface area contributed by atoms with Crippen molar-refractivity contribution in [3.05, 3.63) is 63.6 Å². The first kappa shape index (κ1) is 17.7. The highest BCUT2D eigenvalue weighted by Crippen LogP contribution is 2.07. The summed E-state index contributed by atoms with van der Waals surface area (Å²) in [4.78, 5) is 37.2. The lowest BCUT2D eigenvalue weighted by Gasteiger charge is -2.13. The van der Waals surface area contributed by atoms with Crippen molar-refractivity contribution in [3.63, 3.8) is 0 Å². The minimum absolute atomic E-state index is 0.124. The molecule has 0 atom stereocenters. The second-order valence-electron chi connectivity index (χ2n) is 5.91. The minimum Gasteiger partial charge on any atom is -0.354 e. The van der Waals surface area contributed by atoms with Crippen LogP contribution in [0.2, 0.25) is 0 Å². The Morgan fingerprint density at radius 3 is 2.69 bits per heavy atom. The van der Waals surface area contributed by atoms with Gasteiger partial charge in [-0.3, -0.25) is 23.4 Å². The van der Waals surface area contributed by atoms with E-state index in [2.05, 4.69) is 10.4 Å². The molecule has 0 aliphatic carbocycles. The molecule has 0 aliphatic heterocycles. The van der Waals surface area contributed by atoms with Gasteiger partial charge in [0.15, 0.2) is 0 Å². The molecule has 0 fully saturated rings. The molecule has 3 rings (SSSR count). The Hall–Kier alpha value is -3.16. The topological polar surface area (TPSA) is 90.9 Å². The van der Waals surface area contributed by atoms with Crippen LogP contribution < -0.4 is 16.6 Å². The molecule has 0 unspecified atom stereocenters. The van der Waals surface area contributed by atoms with Crippen LogP contribution in [0, 0.1) is 0 Å². The van der Waals surface area contributed by atoms with Crippen molar-refractivity contribution in [1.82, 2.24) is 24.2 Å². The summed E-state index contributed by atoms with van der Waals surface area (Å²) in [5.41, 5.74) is -0.328. The summed E-state index contributed by atoms with van der Waals surface area (Å²) in [6, 6.07) is 8.69. The van der Waals surface area contributed by atoms with Gasteiger partial charge in [-0.05, 0) is 31.5 Å². The van der Waals surface area contributed by atoms with Crippen molar-refractivity contribution >= 4 is 16.8 Å². The van der Waals surface area contributed by atoms with Gasteiger partial charge in [0.1, 0.15) is 6.54 Å². The number of fused-ring (bicyclic) bond motifs is 1. The Balaban J connectivity index is 1.74. The van der Waals surface area contributed by atoms with Gasteiger partial charge in [0.05, 0.1) is 10.9 Å². The molecule has 0 radical (unpaired) electrons. The maximum Gasteiger partial charge on any atom is 0.331 e. The van der Waals surface area contributed by atoms with Crippen LogP contribution in [0.5, 0.6) is 0 Å². The van der Waals surface area contributed by atoms with E-state index in [1.807, 2.05) is 12.3 Å². The average Bonchev–Trinajstić information content (AvgIpc) is 3.16. The van der Waals surface area contributed by atoms with E-state index in [0.29, 0.717) is 24.0 Å². The Labute approximate surface area is 149 Å². The fraction of sp³-hybridized carbons (Fsp3) is 0.333. The normalized spacial score (nSPS) is 11.0. The molecule has 26 heavy (non-hydrogen) atoms. The van der Waals surface area contributed by atoms with Crippen molar-refractivity contribution in [2.24, 2.45) is 0 Å². The largest absolute Gasteiger partial charge is 0.354 e. The predicted molar refractivity (Wildman–Crippen MR) is 98.0 cm³/mol. The lowest BCUT2D eigenvalue weighted by atomic mass is 10.2. The highest BCUT2D eigenvalue weighted by molar-refractivity contribution is 5.81. The monoisotopic (exact) mass is 355 g/mol. The van der Waals surface area contributed by atoms with Crippen LogP contribution >= 0.6 is 0 Å². The van der Waals surface area contributed by atoms with E-state index in [4.69, 9.17) is 0 Å². The van der Waals surface area contributed by atoms with Crippen LogP contribution in [0.3, 0.4) is 0 Å².